The second-order valence-electron chi connectivity index (χ2n) is 3.94. The minimum atomic E-state index is -0.746. The van der Waals surface area contributed by atoms with E-state index in [9.17, 15) is 4.79 Å². The number of carboxylic acid groups (broad SMARTS) is 1. The molecule has 0 spiro atoms. The molecule has 0 heterocycles. The summed E-state index contributed by atoms with van der Waals surface area (Å²) < 4.78 is 5.57. The third-order valence-electron chi connectivity index (χ3n) is 2.21. The van der Waals surface area contributed by atoms with Crippen molar-refractivity contribution in [2.75, 3.05) is 12.4 Å². The minimum Gasteiger partial charge on any atom is -0.493 e. The van der Waals surface area contributed by atoms with Crippen molar-refractivity contribution in [2.45, 2.75) is 25.5 Å². The molecule has 1 unspecified atom stereocenters. The van der Waals surface area contributed by atoms with E-state index in [0.29, 0.717) is 6.61 Å². The summed E-state index contributed by atoms with van der Waals surface area (Å²) in [6.07, 6.45) is 0.203. The first-order chi connectivity index (χ1) is 8.08. The van der Waals surface area contributed by atoms with Crippen LogP contribution in [-0.4, -0.2) is 28.7 Å². The summed E-state index contributed by atoms with van der Waals surface area (Å²) >= 11 is 1.62. The Morgan fingerprint density at radius 1 is 1.53 bits per heavy atom. The molecule has 0 bridgehead atoms. The number of hydrogen-bond donors (Lipinski definition) is 1. The molecule has 4 heteroatoms. The molecule has 0 fully saturated rings. The molecule has 17 heavy (non-hydrogen) atoms. The quantitative estimate of drug-likeness (QED) is 0.760. The molecule has 0 saturated heterocycles. The van der Waals surface area contributed by atoms with Crippen LogP contribution in [0.3, 0.4) is 0 Å². The molecule has 0 aromatic heterocycles. The van der Waals surface area contributed by atoms with Crippen LogP contribution >= 0.6 is 11.8 Å². The van der Waals surface area contributed by atoms with Crippen LogP contribution in [0.4, 0.5) is 0 Å². The molecule has 0 saturated carbocycles. The standard InChI is InChI=1S/C13H18O3S/c1-10-4-3-5-12(8-10)16-6-7-17-11(2)9-13(14)15/h3-5,8,11H,6-7,9H2,1-2H3,(H,14,15). The number of rotatable bonds is 7. The molecule has 0 aliphatic heterocycles. The van der Waals surface area contributed by atoms with Crippen molar-refractivity contribution in [2.24, 2.45) is 0 Å². The van der Waals surface area contributed by atoms with Crippen molar-refractivity contribution >= 4 is 17.7 Å². The molecule has 94 valence electrons. The Balaban J connectivity index is 2.18. The first-order valence-electron chi connectivity index (χ1n) is 5.61. The van der Waals surface area contributed by atoms with E-state index in [-0.39, 0.29) is 11.7 Å². The molecule has 3 nitrogen and oxygen atoms in total. The van der Waals surface area contributed by atoms with Crippen LogP contribution in [0.25, 0.3) is 0 Å². The largest absolute Gasteiger partial charge is 0.493 e. The van der Waals surface area contributed by atoms with Gasteiger partial charge in [-0.1, -0.05) is 19.1 Å². The van der Waals surface area contributed by atoms with Crippen LogP contribution in [0.15, 0.2) is 24.3 Å². The van der Waals surface area contributed by atoms with Gasteiger partial charge in [0.1, 0.15) is 5.75 Å². The van der Waals surface area contributed by atoms with E-state index < -0.39 is 5.97 Å². The van der Waals surface area contributed by atoms with E-state index in [1.165, 1.54) is 5.56 Å². The predicted octanol–water partition coefficient (Wildman–Crippen LogP) is 2.97. The van der Waals surface area contributed by atoms with Gasteiger partial charge in [0, 0.05) is 11.0 Å². The number of aliphatic carboxylic acids is 1. The molecule has 1 N–H and O–H groups in total. The summed E-state index contributed by atoms with van der Waals surface area (Å²) in [6.45, 7) is 4.56. The Bertz CT molecular complexity index is 365. The Labute approximate surface area is 106 Å². The van der Waals surface area contributed by atoms with E-state index in [4.69, 9.17) is 9.84 Å². The third kappa shape index (κ3) is 6.22. The van der Waals surface area contributed by atoms with Crippen molar-refractivity contribution in [3.8, 4) is 5.75 Å². The van der Waals surface area contributed by atoms with Gasteiger partial charge in [0.15, 0.2) is 0 Å². The van der Waals surface area contributed by atoms with Crippen molar-refractivity contribution in [3.05, 3.63) is 29.8 Å². The SMILES string of the molecule is Cc1cccc(OCCSC(C)CC(=O)O)c1. The van der Waals surface area contributed by atoms with Crippen LogP contribution in [0.1, 0.15) is 18.9 Å². The van der Waals surface area contributed by atoms with Crippen LogP contribution in [-0.2, 0) is 4.79 Å². The van der Waals surface area contributed by atoms with Crippen molar-refractivity contribution in [1.82, 2.24) is 0 Å². The maximum atomic E-state index is 10.5. The molecule has 1 aromatic carbocycles. The molecule has 0 radical (unpaired) electrons. The van der Waals surface area contributed by atoms with Crippen molar-refractivity contribution < 1.29 is 14.6 Å². The molecule has 1 atom stereocenters. The second kappa shape index (κ2) is 7.22. The summed E-state index contributed by atoms with van der Waals surface area (Å²) in [5.74, 6) is 0.934. The first-order valence-corrected chi connectivity index (χ1v) is 6.65. The van der Waals surface area contributed by atoms with E-state index in [1.807, 2.05) is 38.1 Å². The van der Waals surface area contributed by atoms with Crippen LogP contribution in [0.2, 0.25) is 0 Å². The van der Waals surface area contributed by atoms with E-state index in [1.54, 1.807) is 11.8 Å². The van der Waals surface area contributed by atoms with E-state index in [0.717, 1.165) is 11.5 Å². The number of thioether (sulfide) groups is 1. The van der Waals surface area contributed by atoms with Gasteiger partial charge in [-0.3, -0.25) is 4.79 Å². The van der Waals surface area contributed by atoms with Gasteiger partial charge in [0.25, 0.3) is 0 Å². The number of carbonyl (C=O) groups is 1. The fourth-order valence-electron chi connectivity index (χ4n) is 1.42. The summed E-state index contributed by atoms with van der Waals surface area (Å²) in [4.78, 5) is 10.5. The highest BCUT2D eigenvalue weighted by molar-refractivity contribution is 7.99. The average molecular weight is 254 g/mol. The molecular formula is C13H18O3S. The molecular weight excluding hydrogens is 236 g/mol. The molecule has 1 aromatic rings. The number of carboxylic acids is 1. The van der Waals surface area contributed by atoms with E-state index in [2.05, 4.69) is 0 Å². The van der Waals surface area contributed by atoms with Gasteiger partial charge in [0.05, 0.1) is 13.0 Å². The lowest BCUT2D eigenvalue weighted by atomic mass is 10.2. The van der Waals surface area contributed by atoms with Crippen LogP contribution in [0.5, 0.6) is 5.75 Å². The Morgan fingerprint density at radius 2 is 2.29 bits per heavy atom. The lowest BCUT2D eigenvalue weighted by Crippen LogP contribution is -2.09. The Hall–Kier alpha value is -1.16. The number of hydrogen-bond acceptors (Lipinski definition) is 3. The van der Waals surface area contributed by atoms with Gasteiger partial charge in [-0.25, -0.2) is 0 Å². The Kier molecular flexibility index (Phi) is 5.91. The topological polar surface area (TPSA) is 46.5 Å². The highest BCUT2D eigenvalue weighted by Crippen LogP contribution is 2.16. The van der Waals surface area contributed by atoms with Gasteiger partial charge in [0.2, 0.25) is 0 Å². The van der Waals surface area contributed by atoms with Gasteiger partial charge < -0.3 is 9.84 Å². The second-order valence-corrected chi connectivity index (χ2v) is 5.49. The normalized spacial score (nSPS) is 12.1. The average Bonchev–Trinajstić information content (AvgIpc) is 2.23. The van der Waals surface area contributed by atoms with Crippen LogP contribution < -0.4 is 4.74 Å². The number of benzene rings is 1. The zero-order valence-corrected chi connectivity index (χ0v) is 11.0. The van der Waals surface area contributed by atoms with Crippen LogP contribution in [0, 0.1) is 6.92 Å². The lowest BCUT2D eigenvalue weighted by molar-refractivity contribution is -0.136. The van der Waals surface area contributed by atoms with Gasteiger partial charge in [-0.05, 0) is 24.6 Å². The zero-order chi connectivity index (χ0) is 12.7. The monoisotopic (exact) mass is 254 g/mol. The van der Waals surface area contributed by atoms with Gasteiger partial charge in [-0.15, -0.1) is 0 Å². The third-order valence-corrected chi connectivity index (χ3v) is 3.34. The molecule has 0 amide bonds. The summed E-state index contributed by atoms with van der Waals surface area (Å²) in [5, 5.41) is 8.74. The smallest absolute Gasteiger partial charge is 0.304 e. The fraction of sp³-hybridized carbons (Fsp3) is 0.462. The fourth-order valence-corrected chi connectivity index (χ4v) is 2.26. The highest BCUT2D eigenvalue weighted by Gasteiger charge is 2.07. The highest BCUT2D eigenvalue weighted by atomic mass is 32.2. The molecule has 0 aliphatic rings. The molecule has 0 aliphatic carbocycles. The number of aryl methyl sites for hydroxylation is 1. The van der Waals surface area contributed by atoms with Crippen molar-refractivity contribution in [3.63, 3.8) is 0 Å². The lowest BCUT2D eigenvalue weighted by Gasteiger charge is -2.09. The maximum absolute atomic E-state index is 10.5. The first kappa shape index (κ1) is 13.9. The van der Waals surface area contributed by atoms with Crippen molar-refractivity contribution in [1.29, 1.82) is 0 Å². The van der Waals surface area contributed by atoms with Gasteiger partial charge >= 0.3 is 5.97 Å². The molecule has 1 rings (SSSR count). The maximum Gasteiger partial charge on any atom is 0.304 e. The number of ether oxygens (including phenoxy) is 1. The predicted molar refractivity (Wildman–Crippen MR) is 70.8 cm³/mol. The minimum absolute atomic E-state index is 0.133. The summed E-state index contributed by atoms with van der Waals surface area (Å²) in [7, 11) is 0. The summed E-state index contributed by atoms with van der Waals surface area (Å²) in [6, 6.07) is 7.91. The summed E-state index contributed by atoms with van der Waals surface area (Å²) in [5.41, 5.74) is 1.18. The van der Waals surface area contributed by atoms with Gasteiger partial charge in [-0.2, -0.15) is 11.8 Å². The Morgan fingerprint density at radius 3 is 2.94 bits per heavy atom. The zero-order valence-electron chi connectivity index (χ0n) is 10.2. The van der Waals surface area contributed by atoms with E-state index >= 15 is 0 Å².